The van der Waals surface area contributed by atoms with Crippen LogP contribution in [0.25, 0.3) is 16.6 Å². The maximum atomic E-state index is 12.1. The standard InChI is InChI=1S/C24H20N2O2/c1-24(18-9-4-3-5-10-18)22-15-16-8-6-7-11-20(16)26(22)21-13-12-17(23(27)28-2)14-19(21)25-24/h3-15,25H,1-2H3. The van der Waals surface area contributed by atoms with Gasteiger partial charge in [-0.3, -0.25) is 0 Å². The van der Waals surface area contributed by atoms with Gasteiger partial charge in [-0.05, 0) is 42.8 Å². The highest BCUT2D eigenvalue weighted by Gasteiger charge is 2.37. The lowest BCUT2D eigenvalue weighted by Crippen LogP contribution is -2.38. The van der Waals surface area contributed by atoms with E-state index in [2.05, 4.69) is 71.4 Å². The number of carbonyl (C=O) groups is 1. The van der Waals surface area contributed by atoms with Gasteiger partial charge in [0.2, 0.25) is 0 Å². The van der Waals surface area contributed by atoms with Crippen molar-refractivity contribution in [1.29, 1.82) is 0 Å². The normalized spacial score (nSPS) is 17.5. The van der Waals surface area contributed by atoms with E-state index in [1.807, 2.05) is 24.3 Å². The molecular weight excluding hydrogens is 348 g/mol. The predicted molar refractivity (Wildman–Crippen MR) is 111 cm³/mol. The summed E-state index contributed by atoms with van der Waals surface area (Å²) in [7, 11) is 1.40. The van der Waals surface area contributed by atoms with Crippen LogP contribution >= 0.6 is 0 Å². The molecule has 0 amide bonds. The highest BCUT2D eigenvalue weighted by atomic mass is 16.5. The molecule has 28 heavy (non-hydrogen) atoms. The van der Waals surface area contributed by atoms with Gasteiger partial charge in [0.05, 0.1) is 35.3 Å². The summed E-state index contributed by atoms with van der Waals surface area (Å²) in [5, 5.41) is 4.88. The Morgan fingerprint density at radius 2 is 1.71 bits per heavy atom. The predicted octanol–water partition coefficient (Wildman–Crippen LogP) is 5.11. The van der Waals surface area contributed by atoms with Gasteiger partial charge in [-0.2, -0.15) is 0 Å². The van der Waals surface area contributed by atoms with Crippen LogP contribution < -0.4 is 5.32 Å². The van der Waals surface area contributed by atoms with Crippen molar-refractivity contribution in [3.63, 3.8) is 0 Å². The lowest BCUT2D eigenvalue weighted by atomic mass is 9.86. The number of nitrogens with zero attached hydrogens (tertiary/aromatic N) is 1. The fourth-order valence-corrected chi connectivity index (χ4v) is 4.18. The van der Waals surface area contributed by atoms with Gasteiger partial charge in [0.1, 0.15) is 5.54 Å². The van der Waals surface area contributed by atoms with Crippen LogP contribution in [0, 0.1) is 0 Å². The second kappa shape index (κ2) is 5.99. The molecule has 0 saturated heterocycles. The maximum Gasteiger partial charge on any atom is 0.337 e. The molecule has 0 fully saturated rings. The van der Waals surface area contributed by atoms with Gasteiger partial charge in [-0.1, -0.05) is 48.5 Å². The van der Waals surface area contributed by atoms with E-state index in [4.69, 9.17) is 4.74 Å². The molecule has 1 atom stereocenters. The molecule has 0 aliphatic carbocycles. The Balaban J connectivity index is 1.83. The first-order chi connectivity index (χ1) is 13.6. The van der Waals surface area contributed by atoms with Gasteiger partial charge in [0.15, 0.2) is 0 Å². The quantitative estimate of drug-likeness (QED) is 0.500. The van der Waals surface area contributed by atoms with Crippen molar-refractivity contribution in [1.82, 2.24) is 4.57 Å². The molecule has 3 aromatic carbocycles. The highest BCUT2D eigenvalue weighted by Crippen LogP contribution is 2.44. The third-order valence-corrected chi connectivity index (χ3v) is 5.62. The summed E-state index contributed by atoms with van der Waals surface area (Å²) in [5.41, 5.74) is 5.49. The average molecular weight is 368 g/mol. The number of fused-ring (bicyclic) bond motifs is 5. The number of para-hydroxylation sites is 1. The van der Waals surface area contributed by atoms with Crippen molar-refractivity contribution in [3.8, 4) is 5.69 Å². The first kappa shape index (κ1) is 16.6. The van der Waals surface area contributed by atoms with Crippen molar-refractivity contribution in [2.45, 2.75) is 12.5 Å². The van der Waals surface area contributed by atoms with E-state index >= 15 is 0 Å². The molecule has 2 heterocycles. The van der Waals surface area contributed by atoms with Crippen LogP contribution in [0.15, 0.2) is 78.9 Å². The molecule has 1 aliphatic rings. The molecule has 0 spiro atoms. The number of esters is 1. The van der Waals surface area contributed by atoms with Crippen molar-refractivity contribution in [3.05, 3.63) is 95.7 Å². The first-order valence-corrected chi connectivity index (χ1v) is 9.29. The minimum atomic E-state index is -0.442. The second-order valence-corrected chi connectivity index (χ2v) is 7.26. The molecule has 5 rings (SSSR count). The Labute approximate surface area is 163 Å². The Bertz CT molecular complexity index is 1210. The monoisotopic (exact) mass is 368 g/mol. The summed E-state index contributed by atoms with van der Waals surface area (Å²) in [4.78, 5) is 12.1. The zero-order valence-corrected chi connectivity index (χ0v) is 15.8. The zero-order chi connectivity index (χ0) is 19.3. The fraction of sp³-hybridized carbons (Fsp3) is 0.125. The summed E-state index contributed by atoms with van der Waals surface area (Å²) in [6.45, 7) is 2.18. The Hall–Kier alpha value is -3.53. The van der Waals surface area contributed by atoms with Crippen molar-refractivity contribution >= 4 is 22.6 Å². The lowest BCUT2D eigenvalue weighted by molar-refractivity contribution is 0.0601. The lowest BCUT2D eigenvalue weighted by Gasteiger charge is -2.39. The number of hydrogen-bond donors (Lipinski definition) is 1. The van der Waals surface area contributed by atoms with Gasteiger partial charge in [0, 0.05) is 5.39 Å². The number of rotatable bonds is 2. The molecule has 0 bridgehead atoms. The van der Waals surface area contributed by atoms with Crippen molar-refractivity contribution in [2.24, 2.45) is 0 Å². The zero-order valence-electron chi connectivity index (χ0n) is 15.8. The molecule has 138 valence electrons. The van der Waals surface area contributed by atoms with Crippen LogP contribution in [0.5, 0.6) is 0 Å². The number of benzene rings is 3. The van der Waals surface area contributed by atoms with Crippen LogP contribution in [0.1, 0.15) is 28.5 Å². The number of aromatic nitrogens is 1. The van der Waals surface area contributed by atoms with E-state index in [-0.39, 0.29) is 5.97 Å². The summed E-state index contributed by atoms with van der Waals surface area (Å²) >= 11 is 0. The fourth-order valence-electron chi connectivity index (χ4n) is 4.18. The smallest absolute Gasteiger partial charge is 0.337 e. The third-order valence-electron chi connectivity index (χ3n) is 5.62. The number of carbonyl (C=O) groups excluding carboxylic acids is 1. The number of anilines is 1. The minimum absolute atomic E-state index is 0.339. The molecule has 1 N–H and O–H groups in total. The van der Waals surface area contributed by atoms with Crippen LogP contribution in [-0.4, -0.2) is 17.6 Å². The minimum Gasteiger partial charge on any atom is -0.465 e. The van der Waals surface area contributed by atoms with Crippen LogP contribution in [-0.2, 0) is 10.3 Å². The van der Waals surface area contributed by atoms with Crippen molar-refractivity contribution < 1.29 is 9.53 Å². The molecule has 0 saturated carbocycles. The van der Waals surface area contributed by atoms with Gasteiger partial charge in [0.25, 0.3) is 0 Å². The van der Waals surface area contributed by atoms with E-state index in [9.17, 15) is 4.79 Å². The summed E-state index contributed by atoms with van der Waals surface area (Å²) < 4.78 is 7.20. The maximum absolute atomic E-state index is 12.1. The topological polar surface area (TPSA) is 43.3 Å². The molecule has 0 radical (unpaired) electrons. The largest absolute Gasteiger partial charge is 0.465 e. The highest BCUT2D eigenvalue weighted by molar-refractivity contribution is 5.93. The average Bonchev–Trinajstić information content (AvgIpc) is 3.14. The SMILES string of the molecule is COC(=O)c1ccc2c(c1)NC(C)(c1ccccc1)c1cc3ccccc3n1-2. The number of hydrogen-bond acceptors (Lipinski definition) is 3. The van der Waals surface area contributed by atoms with Crippen LogP contribution in [0.2, 0.25) is 0 Å². The number of nitrogens with one attached hydrogen (secondary N) is 1. The van der Waals surface area contributed by atoms with Gasteiger partial charge in [-0.25, -0.2) is 4.79 Å². The molecule has 4 heteroatoms. The number of methoxy groups -OCH3 is 1. The van der Waals surface area contributed by atoms with Crippen LogP contribution in [0.4, 0.5) is 5.69 Å². The van der Waals surface area contributed by atoms with E-state index in [1.165, 1.54) is 18.2 Å². The first-order valence-electron chi connectivity index (χ1n) is 9.29. The molecule has 1 unspecified atom stereocenters. The van der Waals surface area contributed by atoms with E-state index in [1.54, 1.807) is 0 Å². The number of ether oxygens (including phenoxy) is 1. The van der Waals surface area contributed by atoms with E-state index in [0.717, 1.165) is 22.5 Å². The second-order valence-electron chi connectivity index (χ2n) is 7.26. The Kier molecular flexibility index (Phi) is 3.56. The summed E-state index contributed by atoms with van der Waals surface area (Å²) in [6, 6.07) is 26.7. The molecule has 4 aromatic rings. The van der Waals surface area contributed by atoms with Gasteiger partial charge in [-0.15, -0.1) is 0 Å². The summed E-state index contributed by atoms with van der Waals surface area (Å²) in [5.74, 6) is -0.339. The molecule has 1 aliphatic heterocycles. The van der Waals surface area contributed by atoms with Gasteiger partial charge >= 0.3 is 5.97 Å². The molecule has 4 nitrogen and oxygen atoms in total. The summed E-state index contributed by atoms with van der Waals surface area (Å²) in [6.07, 6.45) is 0. The van der Waals surface area contributed by atoms with Crippen molar-refractivity contribution in [2.75, 3.05) is 12.4 Å². The Morgan fingerprint density at radius 3 is 2.50 bits per heavy atom. The van der Waals surface area contributed by atoms with E-state index < -0.39 is 5.54 Å². The molecular formula is C24H20N2O2. The third kappa shape index (κ3) is 2.28. The molecule has 1 aromatic heterocycles. The Morgan fingerprint density at radius 1 is 0.964 bits per heavy atom. The van der Waals surface area contributed by atoms with E-state index in [0.29, 0.717) is 5.56 Å². The van der Waals surface area contributed by atoms with Gasteiger partial charge < -0.3 is 14.6 Å². The van der Waals surface area contributed by atoms with Crippen LogP contribution in [0.3, 0.4) is 0 Å².